The smallest absolute Gasteiger partial charge is 0.327 e. The third-order valence-electron chi connectivity index (χ3n) is 5.88. The minimum Gasteiger partial charge on any atom is -0.462 e. The van der Waals surface area contributed by atoms with E-state index in [2.05, 4.69) is 39.6 Å². The third-order valence-corrected chi connectivity index (χ3v) is 7.65. The van der Waals surface area contributed by atoms with Crippen LogP contribution in [0.4, 0.5) is 0 Å². The van der Waals surface area contributed by atoms with Gasteiger partial charge in [0.1, 0.15) is 22.0 Å². The molecule has 1 aliphatic heterocycles. The van der Waals surface area contributed by atoms with Crippen LogP contribution in [-0.4, -0.2) is 53.9 Å². The fraction of sp³-hybridized carbons (Fsp3) is 0.400. The predicted molar refractivity (Wildman–Crippen MR) is 141 cm³/mol. The van der Waals surface area contributed by atoms with Crippen LogP contribution in [0.5, 0.6) is 0 Å². The molecule has 1 aromatic carbocycles. The Hall–Kier alpha value is -2.82. The highest BCUT2D eigenvalue weighted by Gasteiger charge is 2.35. The Morgan fingerprint density at radius 3 is 2.53 bits per heavy atom. The monoisotopic (exact) mass is 540 g/mol. The number of benzene rings is 1. The van der Waals surface area contributed by atoms with E-state index in [1.807, 2.05) is 35.8 Å². The summed E-state index contributed by atoms with van der Waals surface area (Å²) in [6.45, 7) is 11.1. The lowest BCUT2D eigenvalue weighted by atomic mass is 9.99. The molecule has 0 fully saturated rings. The van der Waals surface area contributed by atoms with Crippen LogP contribution in [0.15, 0.2) is 29.3 Å². The number of aryl methyl sites for hydroxylation is 2. The lowest BCUT2D eigenvalue weighted by Crippen LogP contribution is -2.54. The van der Waals surface area contributed by atoms with Gasteiger partial charge in [0.25, 0.3) is 0 Å². The zero-order valence-corrected chi connectivity index (χ0v) is 23.5. The highest BCUT2D eigenvalue weighted by Crippen LogP contribution is 2.39. The molecule has 3 radical (unpaired) electrons. The molecule has 0 unspecified atom stereocenters. The lowest BCUT2D eigenvalue weighted by molar-refractivity contribution is -0.152. The van der Waals surface area contributed by atoms with E-state index in [0.29, 0.717) is 16.7 Å². The van der Waals surface area contributed by atoms with Gasteiger partial charge in [0.05, 0.1) is 28.5 Å². The minimum absolute atomic E-state index is 0.0444. The first-order valence-corrected chi connectivity index (χ1v) is 13.2. The molecule has 3 heterocycles. The van der Waals surface area contributed by atoms with Crippen molar-refractivity contribution in [3.8, 4) is 5.00 Å². The van der Waals surface area contributed by atoms with Crippen molar-refractivity contribution < 1.29 is 14.3 Å². The Bertz CT molecular complexity index is 1360. The molecule has 36 heavy (non-hydrogen) atoms. The number of fused-ring (bicyclic) bond motifs is 3. The summed E-state index contributed by atoms with van der Waals surface area (Å²) in [5, 5.41) is 11.6. The number of amides is 1. The van der Waals surface area contributed by atoms with Crippen molar-refractivity contribution in [2.24, 2.45) is 4.99 Å². The number of aliphatic imine (C=N–C) groups is 1. The van der Waals surface area contributed by atoms with E-state index >= 15 is 0 Å². The maximum atomic E-state index is 13.2. The second-order valence-corrected chi connectivity index (χ2v) is 11.9. The molecule has 2 aromatic heterocycles. The Morgan fingerprint density at radius 1 is 1.22 bits per heavy atom. The molecule has 0 aliphatic carbocycles. The molecule has 0 saturated carbocycles. The Balaban J connectivity index is 1.78. The summed E-state index contributed by atoms with van der Waals surface area (Å²) in [6.07, 6.45) is -0.359. The van der Waals surface area contributed by atoms with Crippen LogP contribution >= 0.6 is 22.9 Å². The normalized spacial score (nSPS) is 16.5. The molecule has 2 atom stereocenters. The van der Waals surface area contributed by atoms with Gasteiger partial charge in [-0.1, -0.05) is 23.7 Å². The maximum absolute atomic E-state index is 13.2. The van der Waals surface area contributed by atoms with Gasteiger partial charge < -0.3 is 10.1 Å². The summed E-state index contributed by atoms with van der Waals surface area (Å²) in [6, 6.07) is 6.85. The molecule has 3 aromatic rings. The number of nitrogens with zero attached hydrogens (tertiary/aromatic N) is 4. The number of thiophene rings is 1. The van der Waals surface area contributed by atoms with Crippen molar-refractivity contribution in [3.63, 3.8) is 0 Å². The zero-order chi connectivity index (χ0) is 26.4. The van der Waals surface area contributed by atoms with Crippen molar-refractivity contribution in [3.05, 3.63) is 62.5 Å². The van der Waals surface area contributed by atoms with E-state index in [0.717, 1.165) is 32.3 Å². The Labute approximate surface area is 222 Å². The van der Waals surface area contributed by atoms with E-state index in [4.69, 9.17) is 21.3 Å². The van der Waals surface area contributed by atoms with Crippen molar-refractivity contribution in [1.82, 2.24) is 20.1 Å². The largest absolute Gasteiger partial charge is 0.462 e. The van der Waals surface area contributed by atoms with Gasteiger partial charge in [-0.3, -0.25) is 14.4 Å². The number of carbonyl (C=O) groups excluding carboxylic acids is 2. The SMILES string of the molecule is Cc1sc2c(c1C)C(c1ccc(Cl)cc1)=N[C@@H](CC(=O)N[C@@](C)([Si])C(=O)OC(C)C)c1nnc(C)n1-2. The minimum atomic E-state index is -1.38. The number of nitrogens with one attached hydrogen (secondary N) is 1. The molecule has 8 nitrogen and oxygen atoms in total. The van der Waals surface area contributed by atoms with Crippen LogP contribution < -0.4 is 5.32 Å². The molecule has 187 valence electrons. The standard InChI is InChI=1S/C25H27ClN5O3SSi/c1-12(2)34-24(33)25(6,36)28-19(32)11-18-22-30-29-15(5)31(22)23-20(13(3)14(4)35-23)21(27-18)16-7-9-17(26)10-8-16/h7-10,12,18H,11H2,1-6H3,(H,28,32)/t18-,25-/m0/s1. The molecular formula is C25H27ClN5O3SSi. The molecule has 4 rings (SSSR count). The summed E-state index contributed by atoms with van der Waals surface area (Å²) >= 11 is 7.80. The van der Waals surface area contributed by atoms with E-state index in [1.54, 1.807) is 32.1 Å². The second kappa shape index (κ2) is 9.91. The van der Waals surface area contributed by atoms with E-state index < -0.39 is 17.2 Å². The number of carbonyl (C=O) groups is 2. The fourth-order valence-corrected chi connectivity index (χ4v) is 5.56. The highest BCUT2D eigenvalue weighted by molar-refractivity contribution is 7.15. The van der Waals surface area contributed by atoms with E-state index in [9.17, 15) is 9.59 Å². The maximum Gasteiger partial charge on any atom is 0.327 e. The topological polar surface area (TPSA) is 98.5 Å². The quantitative estimate of drug-likeness (QED) is 0.374. The number of rotatable bonds is 6. The number of halogens is 1. The predicted octanol–water partition coefficient (Wildman–Crippen LogP) is 4.14. The summed E-state index contributed by atoms with van der Waals surface area (Å²) in [5.41, 5.74) is 3.73. The molecule has 0 spiro atoms. The van der Waals surface area contributed by atoms with Gasteiger partial charge in [0.15, 0.2) is 5.82 Å². The van der Waals surface area contributed by atoms with Crippen molar-refractivity contribution in [2.75, 3.05) is 0 Å². The third kappa shape index (κ3) is 5.02. The van der Waals surface area contributed by atoms with Gasteiger partial charge in [-0.25, -0.2) is 4.79 Å². The van der Waals surface area contributed by atoms with Gasteiger partial charge in [0.2, 0.25) is 5.91 Å². The first-order chi connectivity index (χ1) is 16.9. The van der Waals surface area contributed by atoms with Gasteiger partial charge in [0, 0.05) is 21.0 Å². The fourth-order valence-electron chi connectivity index (χ4n) is 4.02. The van der Waals surface area contributed by atoms with E-state index in [1.165, 1.54) is 0 Å². The van der Waals surface area contributed by atoms with Crippen LogP contribution in [0, 0.1) is 20.8 Å². The molecule has 11 heteroatoms. The first-order valence-electron chi connectivity index (χ1n) is 11.5. The van der Waals surface area contributed by atoms with Crippen molar-refractivity contribution in [2.45, 2.75) is 65.3 Å². The molecule has 1 N–H and O–H groups in total. The molecule has 1 aliphatic rings. The van der Waals surface area contributed by atoms with Crippen LogP contribution in [0.1, 0.15) is 66.5 Å². The Kier molecular flexibility index (Phi) is 7.23. The Morgan fingerprint density at radius 2 is 1.89 bits per heavy atom. The van der Waals surface area contributed by atoms with E-state index in [-0.39, 0.29) is 18.4 Å². The van der Waals surface area contributed by atoms with Crippen LogP contribution in [0.25, 0.3) is 5.00 Å². The molecular weight excluding hydrogens is 514 g/mol. The lowest BCUT2D eigenvalue weighted by Gasteiger charge is -2.26. The summed E-state index contributed by atoms with van der Waals surface area (Å²) in [7, 11) is 3.36. The number of aromatic nitrogens is 3. The second-order valence-electron chi connectivity index (χ2n) is 9.24. The number of hydrogen-bond acceptors (Lipinski definition) is 7. The first kappa shape index (κ1) is 26.2. The number of esters is 1. The zero-order valence-electron chi connectivity index (χ0n) is 21.0. The number of ether oxygens (including phenoxy) is 1. The van der Waals surface area contributed by atoms with Crippen LogP contribution in [0.2, 0.25) is 5.02 Å². The molecule has 1 amide bonds. The van der Waals surface area contributed by atoms with Crippen LogP contribution in [-0.2, 0) is 14.3 Å². The average molecular weight is 541 g/mol. The van der Waals surface area contributed by atoms with Crippen molar-refractivity contribution >= 4 is 50.8 Å². The number of hydrogen-bond donors (Lipinski definition) is 1. The molecule has 0 saturated heterocycles. The van der Waals surface area contributed by atoms with Gasteiger partial charge in [-0.15, -0.1) is 21.5 Å². The summed E-state index contributed by atoms with van der Waals surface area (Å²) in [4.78, 5) is 31.9. The highest BCUT2D eigenvalue weighted by atomic mass is 35.5. The summed E-state index contributed by atoms with van der Waals surface area (Å²) < 4.78 is 7.24. The summed E-state index contributed by atoms with van der Waals surface area (Å²) in [5.74, 6) is 0.300. The molecule has 0 bridgehead atoms. The van der Waals surface area contributed by atoms with Gasteiger partial charge >= 0.3 is 5.97 Å². The van der Waals surface area contributed by atoms with Crippen molar-refractivity contribution in [1.29, 1.82) is 0 Å². The average Bonchev–Trinajstić information content (AvgIpc) is 3.26. The van der Waals surface area contributed by atoms with Crippen LogP contribution in [0.3, 0.4) is 0 Å². The van der Waals surface area contributed by atoms with Gasteiger partial charge in [-0.05, 0) is 59.2 Å². The van der Waals surface area contributed by atoms with Gasteiger partial charge in [-0.2, -0.15) is 0 Å².